The molecule has 2 aliphatic carbocycles. The molecule has 0 saturated heterocycles. The van der Waals surface area contributed by atoms with Gasteiger partial charge in [-0.15, -0.1) is 11.8 Å². The Balaban J connectivity index is 1.89. The van der Waals surface area contributed by atoms with Gasteiger partial charge in [0.25, 0.3) is 0 Å². The molecule has 1 aliphatic heterocycles. The maximum absolute atomic E-state index is 12.6. The minimum absolute atomic E-state index is 0.00162. The lowest BCUT2D eigenvalue weighted by molar-refractivity contribution is -0.136. The Morgan fingerprint density at radius 3 is 2.90 bits per heavy atom. The predicted molar refractivity (Wildman–Crippen MR) is 79.2 cm³/mol. The normalized spacial score (nSPS) is 31.0. The van der Waals surface area contributed by atoms with E-state index in [-0.39, 0.29) is 29.3 Å². The van der Waals surface area contributed by atoms with Crippen LogP contribution >= 0.6 is 11.8 Å². The summed E-state index contributed by atoms with van der Waals surface area (Å²) in [6.45, 7) is 0. The van der Waals surface area contributed by atoms with E-state index in [1.165, 1.54) is 0 Å². The first-order valence-electron chi connectivity index (χ1n) is 6.50. The maximum atomic E-state index is 12.6. The van der Waals surface area contributed by atoms with Crippen LogP contribution in [0.3, 0.4) is 0 Å². The molecule has 0 bridgehead atoms. The van der Waals surface area contributed by atoms with E-state index >= 15 is 0 Å². The van der Waals surface area contributed by atoms with Crippen molar-refractivity contribution in [2.75, 3.05) is 0 Å². The van der Waals surface area contributed by atoms with Gasteiger partial charge in [-0.2, -0.15) is 0 Å². The summed E-state index contributed by atoms with van der Waals surface area (Å²) in [6.07, 6.45) is 13.3. The molecule has 20 heavy (non-hydrogen) atoms. The zero-order chi connectivity index (χ0) is 14.1. The molecule has 0 saturated carbocycles. The summed E-state index contributed by atoms with van der Waals surface area (Å²) in [7, 11) is 0. The Hall–Kier alpha value is -1.81. The highest BCUT2D eigenvalue weighted by Gasteiger charge is 2.35. The van der Waals surface area contributed by atoms with Crippen molar-refractivity contribution >= 4 is 23.5 Å². The van der Waals surface area contributed by atoms with Crippen LogP contribution in [0.1, 0.15) is 6.42 Å². The molecule has 3 nitrogen and oxygen atoms in total. The van der Waals surface area contributed by atoms with Crippen molar-refractivity contribution in [2.45, 2.75) is 11.7 Å². The Bertz CT molecular complexity index is 607. The fraction of sp³-hybridized carbons (Fsp3) is 0.250. The van der Waals surface area contributed by atoms with Crippen molar-refractivity contribution < 1.29 is 14.7 Å². The summed E-state index contributed by atoms with van der Waals surface area (Å²) in [6, 6.07) is 0. The molecule has 0 aromatic heterocycles. The standard InChI is InChI=1S/C16H14O3S/c17-15(18)8-10-5-6-13-14(7-10)20-9-11-3-1-2-4-12(11)16(13)19/h1-7,9,12-14H,8H2,(H,17,18). The van der Waals surface area contributed by atoms with Gasteiger partial charge in [0, 0.05) is 5.25 Å². The number of carbonyl (C=O) groups is 2. The van der Waals surface area contributed by atoms with E-state index in [1.807, 2.05) is 41.9 Å². The lowest BCUT2D eigenvalue weighted by atomic mass is 9.81. The highest BCUT2D eigenvalue weighted by atomic mass is 32.2. The van der Waals surface area contributed by atoms with Gasteiger partial charge in [0.15, 0.2) is 5.78 Å². The van der Waals surface area contributed by atoms with Gasteiger partial charge in [-0.3, -0.25) is 9.59 Å². The van der Waals surface area contributed by atoms with Crippen LogP contribution < -0.4 is 0 Å². The van der Waals surface area contributed by atoms with Gasteiger partial charge in [-0.25, -0.2) is 0 Å². The number of rotatable bonds is 2. The van der Waals surface area contributed by atoms with Crippen LogP contribution in [0.15, 0.2) is 59.1 Å². The van der Waals surface area contributed by atoms with Crippen LogP contribution in [0.4, 0.5) is 0 Å². The molecule has 0 radical (unpaired) electrons. The third-order valence-electron chi connectivity index (χ3n) is 3.66. The van der Waals surface area contributed by atoms with Crippen LogP contribution in [-0.4, -0.2) is 22.1 Å². The molecule has 0 fully saturated rings. The van der Waals surface area contributed by atoms with Crippen LogP contribution in [-0.2, 0) is 9.59 Å². The lowest BCUT2D eigenvalue weighted by Gasteiger charge is -2.24. The van der Waals surface area contributed by atoms with Crippen molar-refractivity contribution in [1.29, 1.82) is 0 Å². The Labute approximate surface area is 121 Å². The number of hydrogen-bond donors (Lipinski definition) is 1. The molecular formula is C16H14O3S. The summed E-state index contributed by atoms with van der Waals surface area (Å²) in [4.78, 5) is 23.4. The lowest BCUT2D eigenvalue weighted by Crippen LogP contribution is -2.29. The number of ketones is 1. The zero-order valence-electron chi connectivity index (χ0n) is 10.7. The summed E-state index contributed by atoms with van der Waals surface area (Å²) in [5.41, 5.74) is 1.80. The number of Topliss-reactive ketones (excluding diaryl/α,β-unsaturated/α-hetero) is 1. The number of thioether (sulfide) groups is 1. The topological polar surface area (TPSA) is 54.4 Å². The second-order valence-electron chi connectivity index (χ2n) is 5.04. The Morgan fingerprint density at radius 2 is 2.10 bits per heavy atom. The molecule has 1 N–H and O–H groups in total. The van der Waals surface area contributed by atoms with Gasteiger partial charge in [0.05, 0.1) is 18.3 Å². The second-order valence-corrected chi connectivity index (χ2v) is 6.09. The quantitative estimate of drug-likeness (QED) is 0.848. The molecule has 0 spiro atoms. The van der Waals surface area contributed by atoms with Gasteiger partial charge in [0.1, 0.15) is 0 Å². The third-order valence-corrected chi connectivity index (χ3v) is 4.82. The first kappa shape index (κ1) is 13.2. The Morgan fingerprint density at radius 1 is 1.25 bits per heavy atom. The van der Waals surface area contributed by atoms with Crippen LogP contribution in [0, 0.1) is 11.8 Å². The van der Waals surface area contributed by atoms with Gasteiger partial charge in [-0.05, 0) is 16.6 Å². The average Bonchev–Trinajstić information content (AvgIpc) is 2.57. The van der Waals surface area contributed by atoms with E-state index in [9.17, 15) is 9.59 Å². The number of carboxylic acids is 1. The van der Waals surface area contributed by atoms with Crippen molar-refractivity contribution in [3.63, 3.8) is 0 Å². The van der Waals surface area contributed by atoms with E-state index < -0.39 is 5.97 Å². The maximum Gasteiger partial charge on any atom is 0.307 e. The number of hydrogen-bond acceptors (Lipinski definition) is 3. The molecule has 3 atom stereocenters. The van der Waals surface area contributed by atoms with Crippen molar-refractivity contribution in [2.24, 2.45) is 11.8 Å². The molecule has 1 heterocycles. The number of carboxylic acid groups (broad SMARTS) is 1. The van der Waals surface area contributed by atoms with Crippen molar-refractivity contribution in [3.8, 4) is 0 Å². The number of carbonyl (C=O) groups excluding carboxylic acids is 1. The van der Waals surface area contributed by atoms with Crippen LogP contribution in [0.2, 0.25) is 0 Å². The van der Waals surface area contributed by atoms with E-state index in [1.54, 1.807) is 17.8 Å². The second kappa shape index (κ2) is 5.29. The summed E-state index contributed by atoms with van der Waals surface area (Å²) in [5.74, 6) is -0.995. The minimum atomic E-state index is -0.845. The average molecular weight is 286 g/mol. The molecule has 0 aromatic rings. The minimum Gasteiger partial charge on any atom is -0.481 e. The van der Waals surface area contributed by atoms with Gasteiger partial charge in [0.2, 0.25) is 0 Å². The highest BCUT2D eigenvalue weighted by molar-refractivity contribution is 8.03. The largest absolute Gasteiger partial charge is 0.481 e. The van der Waals surface area contributed by atoms with Crippen molar-refractivity contribution in [3.05, 3.63) is 59.1 Å². The molecule has 3 rings (SSSR count). The molecule has 3 unspecified atom stereocenters. The van der Waals surface area contributed by atoms with E-state index in [2.05, 4.69) is 0 Å². The summed E-state index contributed by atoms with van der Waals surface area (Å²) >= 11 is 1.60. The third kappa shape index (κ3) is 2.43. The molecule has 0 amide bonds. The number of fused-ring (bicyclic) bond motifs is 2. The zero-order valence-corrected chi connectivity index (χ0v) is 11.5. The summed E-state index contributed by atoms with van der Waals surface area (Å²) in [5, 5.41) is 10.9. The summed E-state index contributed by atoms with van der Waals surface area (Å²) < 4.78 is 0. The first-order valence-corrected chi connectivity index (χ1v) is 7.44. The fourth-order valence-corrected chi connectivity index (χ4v) is 3.86. The Kier molecular flexibility index (Phi) is 3.49. The monoisotopic (exact) mass is 286 g/mol. The van der Waals surface area contributed by atoms with E-state index in [0.717, 1.165) is 11.1 Å². The van der Waals surface area contributed by atoms with Gasteiger partial charge in [-0.1, -0.05) is 42.5 Å². The van der Waals surface area contributed by atoms with E-state index in [4.69, 9.17) is 5.11 Å². The SMILES string of the molecule is O=C(O)CC1=CC2SC=C3C=CC=CC3C(=O)C2C=C1. The number of allylic oxidation sites excluding steroid dienone is 7. The smallest absolute Gasteiger partial charge is 0.307 e. The number of aliphatic carboxylic acids is 1. The first-order chi connectivity index (χ1) is 9.65. The molecule has 102 valence electrons. The van der Waals surface area contributed by atoms with E-state index in [0.29, 0.717) is 0 Å². The predicted octanol–water partition coefficient (Wildman–Crippen LogP) is 2.88. The fourth-order valence-electron chi connectivity index (χ4n) is 2.67. The molecule has 0 aromatic carbocycles. The van der Waals surface area contributed by atoms with Gasteiger partial charge < -0.3 is 5.11 Å². The molecular weight excluding hydrogens is 272 g/mol. The van der Waals surface area contributed by atoms with Gasteiger partial charge >= 0.3 is 5.97 Å². The van der Waals surface area contributed by atoms with Crippen molar-refractivity contribution in [1.82, 2.24) is 0 Å². The van der Waals surface area contributed by atoms with Crippen LogP contribution in [0.25, 0.3) is 0 Å². The van der Waals surface area contributed by atoms with Crippen LogP contribution in [0.5, 0.6) is 0 Å². The molecule has 4 heteroatoms. The molecule has 3 aliphatic rings. The highest BCUT2D eigenvalue weighted by Crippen LogP contribution is 2.39.